The van der Waals surface area contributed by atoms with Gasteiger partial charge in [0.25, 0.3) is 5.82 Å². The van der Waals surface area contributed by atoms with Gasteiger partial charge in [-0.25, -0.2) is 9.52 Å². The minimum absolute atomic E-state index is 0.0394. The number of amides is 1. The number of thioether (sulfide) groups is 1. The molecular weight excluding hydrogens is 298 g/mol. The average molecular weight is 315 g/mol. The first-order chi connectivity index (χ1) is 10.6. The maximum atomic E-state index is 12.2. The normalized spacial score (nSPS) is 17.8. The molecule has 1 amide bonds. The van der Waals surface area contributed by atoms with Crippen molar-refractivity contribution in [3.8, 4) is 0 Å². The Kier molecular flexibility index (Phi) is 3.94. The first-order valence-electron chi connectivity index (χ1n) is 6.97. The third-order valence-corrected chi connectivity index (χ3v) is 4.83. The fourth-order valence-electron chi connectivity index (χ4n) is 2.46. The van der Waals surface area contributed by atoms with Crippen molar-refractivity contribution >= 4 is 29.2 Å². The molecule has 0 saturated carbocycles. The van der Waals surface area contributed by atoms with Crippen LogP contribution in [0.1, 0.15) is 10.9 Å². The summed E-state index contributed by atoms with van der Waals surface area (Å²) in [5.41, 5.74) is 2.12. The van der Waals surface area contributed by atoms with Crippen LogP contribution in [0.25, 0.3) is 0 Å². The van der Waals surface area contributed by atoms with E-state index in [1.807, 2.05) is 43.3 Å². The van der Waals surface area contributed by atoms with E-state index >= 15 is 0 Å². The molecule has 114 valence electrons. The summed E-state index contributed by atoms with van der Waals surface area (Å²) in [7, 11) is 3.97. The second kappa shape index (κ2) is 5.88. The van der Waals surface area contributed by atoms with Gasteiger partial charge in [0, 0.05) is 31.4 Å². The number of nitrogens with zero attached hydrogens (tertiary/aromatic N) is 3. The summed E-state index contributed by atoms with van der Waals surface area (Å²) in [6, 6.07) is 13.2. The van der Waals surface area contributed by atoms with Gasteiger partial charge in [-0.3, -0.25) is 0 Å². The molecule has 1 aromatic heterocycles. The fourth-order valence-corrected chi connectivity index (χ4v) is 3.62. The lowest BCUT2D eigenvalue weighted by molar-refractivity contribution is -0.591. The van der Waals surface area contributed by atoms with E-state index in [1.54, 1.807) is 34.9 Å². The molecule has 0 bridgehead atoms. The maximum absolute atomic E-state index is 12.2. The summed E-state index contributed by atoms with van der Waals surface area (Å²) in [5, 5.41) is 11.8. The van der Waals surface area contributed by atoms with Crippen molar-refractivity contribution < 1.29 is 9.52 Å². The molecule has 22 heavy (non-hydrogen) atoms. The van der Waals surface area contributed by atoms with Crippen LogP contribution in [0.2, 0.25) is 0 Å². The van der Waals surface area contributed by atoms with Crippen LogP contribution >= 0.6 is 11.8 Å². The number of hydrogen-bond acceptors (Lipinski definition) is 4. The summed E-state index contributed by atoms with van der Waals surface area (Å²) in [4.78, 5) is 15.8. The standard InChI is InChI=1S/C16H17N3O2S/c1-17(2)13-8-6-12(7-9-13)16-19(15(20)11-22-16)14-5-3-4-10-18(14)21/h3-10,16H,11H2,1-2H3. The topological polar surface area (TPSA) is 50.5 Å². The van der Waals surface area contributed by atoms with Crippen molar-refractivity contribution in [3.63, 3.8) is 0 Å². The highest BCUT2D eigenvalue weighted by Crippen LogP contribution is 2.40. The Labute approximate surface area is 133 Å². The molecule has 5 nitrogen and oxygen atoms in total. The second-order valence-electron chi connectivity index (χ2n) is 5.30. The van der Waals surface area contributed by atoms with E-state index in [4.69, 9.17) is 0 Å². The minimum Gasteiger partial charge on any atom is -0.711 e. The lowest BCUT2D eigenvalue weighted by Crippen LogP contribution is -2.39. The van der Waals surface area contributed by atoms with Crippen LogP contribution in [0.15, 0.2) is 48.7 Å². The molecule has 1 unspecified atom stereocenters. The van der Waals surface area contributed by atoms with Crippen LogP contribution < -0.4 is 14.5 Å². The van der Waals surface area contributed by atoms with Crippen LogP contribution in [-0.2, 0) is 4.79 Å². The van der Waals surface area contributed by atoms with Crippen LogP contribution in [-0.4, -0.2) is 25.8 Å². The predicted molar refractivity (Wildman–Crippen MR) is 88.9 cm³/mol. The first-order valence-corrected chi connectivity index (χ1v) is 8.02. The number of benzene rings is 1. The number of aromatic nitrogens is 1. The number of anilines is 2. The number of pyridine rings is 1. The first kappa shape index (κ1) is 14.7. The van der Waals surface area contributed by atoms with Gasteiger partial charge in [0.2, 0.25) is 0 Å². The summed E-state index contributed by atoms with van der Waals surface area (Å²) >= 11 is 1.54. The molecule has 1 aromatic carbocycles. The number of rotatable bonds is 3. The van der Waals surface area contributed by atoms with E-state index in [0.717, 1.165) is 16.0 Å². The van der Waals surface area contributed by atoms with E-state index in [-0.39, 0.29) is 11.3 Å². The molecule has 1 fully saturated rings. The molecule has 0 spiro atoms. The van der Waals surface area contributed by atoms with Gasteiger partial charge in [0.15, 0.2) is 5.37 Å². The lowest BCUT2D eigenvalue weighted by Gasteiger charge is -2.20. The van der Waals surface area contributed by atoms with E-state index < -0.39 is 0 Å². The maximum Gasteiger partial charge on any atom is 0.321 e. The highest BCUT2D eigenvalue weighted by molar-refractivity contribution is 8.00. The van der Waals surface area contributed by atoms with Crippen molar-refractivity contribution in [3.05, 3.63) is 59.4 Å². The van der Waals surface area contributed by atoms with Crippen molar-refractivity contribution in [2.75, 3.05) is 29.6 Å². The molecule has 3 rings (SSSR count). The number of carbonyl (C=O) groups is 1. The predicted octanol–water partition coefficient (Wildman–Crippen LogP) is 2.16. The van der Waals surface area contributed by atoms with Crippen molar-refractivity contribution in [2.45, 2.75) is 5.37 Å². The molecular formula is C16H17N3O2S. The zero-order valence-electron chi connectivity index (χ0n) is 12.5. The zero-order chi connectivity index (χ0) is 15.7. The molecule has 2 heterocycles. The van der Waals surface area contributed by atoms with Gasteiger partial charge in [0.05, 0.1) is 6.20 Å². The quantitative estimate of drug-likeness (QED) is 0.643. The highest BCUT2D eigenvalue weighted by Gasteiger charge is 2.41. The molecule has 1 atom stereocenters. The molecule has 1 aliphatic rings. The molecule has 0 N–H and O–H groups in total. The second-order valence-corrected chi connectivity index (χ2v) is 6.37. The Balaban J connectivity index is 1.95. The fraction of sp³-hybridized carbons (Fsp3) is 0.250. The SMILES string of the molecule is CN(C)c1ccc(C2SCC(=O)N2c2cccc[n+]2[O-])cc1. The van der Waals surface area contributed by atoms with Crippen molar-refractivity contribution in [1.82, 2.24) is 0 Å². The van der Waals surface area contributed by atoms with Gasteiger partial charge in [-0.1, -0.05) is 30.0 Å². The molecule has 0 aliphatic carbocycles. The van der Waals surface area contributed by atoms with E-state index in [0.29, 0.717) is 11.6 Å². The Morgan fingerprint density at radius 1 is 1.23 bits per heavy atom. The van der Waals surface area contributed by atoms with Gasteiger partial charge in [-0.05, 0) is 18.2 Å². The third kappa shape index (κ3) is 2.62. The smallest absolute Gasteiger partial charge is 0.321 e. The third-order valence-electron chi connectivity index (χ3n) is 3.61. The molecule has 0 radical (unpaired) electrons. The van der Waals surface area contributed by atoms with E-state index in [9.17, 15) is 10.0 Å². The molecule has 6 heteroatoms. The summed E-state index contributed by atoms with van der Waals surface area (Å²) in [6.45, 7) is 0. The minimum atomic E-state index is -0.161. The Bertz CT molecular complexity index is 688. The number of carbonyl (C=O) groups excluding carboxylic acids is 1. The van der Waals surface area contributed by atoms with E-state index in [2.05, 4.69) is 0 Å². The van der Waals surface area contributed by atoms with Gasteiger partial charge in [-0.2, -0.15) is 4.90 Å². The monoisotopic (exact) mass is 315 g/mol. The highest BCUT2D eigenvalue weighted by atomic mass is 32.2. The molecule has 2 aromatic rings. The van der Waals surface area contributed by atoms with Crippen LogP contribution in [0.4, 0.5) is 11.5 Å². The van der Waals surface area contributed by atoms with Crippen LogP contribution in [0.5, 0.6) is 0 Å². The van der Waals surface area contributed by atoms with Crippen LogP contribution in [0, 0.1) is 5.21 Å². The van der Waals surface area contributed by atoms with Gasteiger partial charge < -0.3 is 10.1 Å². The zero-order valence-corrected chi connectivity index (χ0v) is 13.3. The lowest BCUT2D eigenvalue weighted by atomic mass is 10.2. The largest absolute Gasteiger partial charge is 0.711 e. The Morgan fingerprint density at radius 3 is 2.59 bits per heavy atom. The van der Waals surface area contributed by atoms with Crippen LogP contribution in [0.3, 0.4) is 0 Å². The van der Waals surface area contributed by atoms with Crippen molar-refractivity contribution in [2.24, 2.45) is 0 Å². The number of hydrogen-bond donors (Lipinski definition) is 0. The summed E-state index contributed by atoms with van der Waals surface area (Å²) < 4.78 is 0.741. The van der Waals surface area contributed by atoms with Gasteiger partial charge >= 0.3 is 5.91 Å². The Hall–Kier alpha value is -2.21. The van der Waals surface area contributed by atoms with Gasteiger partial charge in [-0.15, -0.1) is 0 Å². The van der Waals surface area contributed by atoms with E-state index in [1.165, 1.54) is 6.20 Å². The van der Waals surface area contributed by atoms with Crippen molar-refractivity contribution in [1.29, 1.82) is 0 Å². The molecule has 1 saturated heterocycles. The summed E-state index contributed by atoms with van der Waals surface area (Å²) in [5.74, 6) is 0.719. The average Bonchev–Trinajstić information content (AvgIpc) is 2.89. The Morgan fingerprint density at radius 2 is 1.95 bits per heavy atom. The molecule has 1 aliphatic heterocycles. The van der Waals surface area contributed by atoms with Gasteiger partial charge in [0.1, 0.15) is 5.75 Å². The summed E-state index contributed by atoms with van der Waals surface area (Å²) in [6.07, 6.45) is 1.41.